The Labute approximate surface area is 219 Å². The molecule has 0 amide bonds. The first-order valence-corrected chi connectivity index (χ1v) is 14.1. The van der Waals surface area contributed by atoms with E-state index in [9.17, 15) is 9.59 Å². The van der Waals surface area contributed by atoms with E-state index in [0.29, 0.717) is 3.57 Å². The van der Waals surface area contributed by atoms with E-state index in [1.807, 2.05) is 59.0 Å². The van der Waals surface area contributed by atoms with Gasteiger partial charge in [-0.2, -0.15) is 0 Å². The summed E-state index contributed by atoms with van der Waals surface area (Å²) in [5, 5.41) is 11.1. The second-order valence-corrected chi connectivity index (χ2v) is 14.5. The van der Waals surface area contributed by atoms with Crippen LogP contribution in [0.4, 0.5) is 0 Å². The van der Waals surface area contributed by atoms with Crippen LogP contribution in [-0.2, 0) is 9.16 Å². The number of carbonyl (C=O) groups is 1. The lowest BCUT2D eigenvalue weighted by molar-refractivity contribution is 0.0409. The topological polar surface area (TPSA) is 95.2 Å². The van der Waals surface area contributed by atoms with Gasteiger partial charge >= 0.3 is 11.6 Å². The molecule has 0 fully saturated rings. The van der Waals surface area contributed by atoms with Crippen LogP contribution in [0.25, 0.3) is 0 Å². The maximum Gasteiger partial charge on any atom is 0.380 e. The van der Waals surface area contributed by atoms with Crippen LogP contribution < -0.4 is 20.7 Å². The van der Waals surface area contributed by atoms with E-state index in [-0.39, 0.29) is 24.0 Å². The molecule has 1 N–H and O–H groups in total. The molecular weight excluding hydrogens is 579 g/mol. The van der Waals surface area contributed by atoms with E-state index < -0.39 is 31.8 Å². The fourth-order valence-electron chi connectivity index (χ4n) is 4.11. The quantitative estimate of drug-likeness (QED) is 0.276. The van der Waals surface area contributed by atoms with Gasteiger partial charge in [0.25, 0.3) is 8.32 Å². The SMILES string of the molecule is COCC(COc1c(I)cc(C(=O)O)oc1=O)O[Si](c1ccccc1)(c1ccccc1)C(C)(C)C. The van der Waals surface area contributed by atoms with Crippen molar-refractivity contribution in [3.63, 3.8) is 0 Å². The summed E-state index contributed by atoms with van der Waals surface area (Å²) < 4.78 is 23.6. The molecule has 0 radical (unpaired) electrons. The van der Waals surface area contributed by atoms with Gasteiger partial charge in [0.15, 0.2) is 0 Å². The van der Waals surface area contributed by atoms with Crippen LogP contribution in [0.3, 0.4) is 0 Å². The molecule has 0 aliphatic rings. The molecule has 0 bridgehead atoms. The van der Waals surface area contributed by atoms with Crippen LogP contribution in [0.5, 0.6) is 5.75 Å². The van der Waals surface area contributed by atoms with Crippen LogP contribution in [0, 0.1) is 3.57 Å². The minimum absolute atomic E-state index is 0.0194. The number of ether oxygens (including phenoxy) is 2. The summed E-state index contributed by atoms with van der Waals surface area (Å²) in [7, 11) is -1.30. The summed E-state index contributed by atoms with van der Waals surface area (Å²) in [6.07, 6.45) is -0.513. The molecule has 0 aliphatic heterocycles. The molecule has 9 heteroatoms. The zero-order valence-corrected chi connectivity index (χ0v) is 23.3. The van der Waals surface area contributed by atoms with Crippen LogP contribution in [0.1, 0.15) is 31.3 Å². The number of carboxylic acids is 1. The maximum atomic E-state index is 12.4. The van der Waals surface area contributed by atoms with Crippen LogP contribution in [0.2, 0.25) is 5.04 Å². The first-order chi connectivity index (χ1) is 16.6. The first kappa shape index (κ1) is 27.1. The van der Waals surface area contributed by atoms with E-state index in [1.54, 1.807) is 7.11 Å². The second kappa shape index (κ2) is 11.5. The van der Waals surface area contributed by atoms with Gasteiger partial charge in [0.05, 0.1) is 10.2 Å². The monoisotopic (exact) mass is 608 g/mol. The van der Waals surface area contributed by atoms with Crippen molar-refractivity contribution in [3.8, 4) is 5.75 Å². The molecule has 1 heterocycles. The first-order valence-electron chi connectivity index (χ1n) is 11.1. The van der Waals surface area contributed by atoms with Gasteiger partial charge in [-0.1, -0.05) is 81.4 Å². The van der Waals surface area contributed by atoms with Crippen LogP contribution >= 0.6 is 22.6 Å². The molecule has 0 saturated heterocycles. The van der Waals surface area contributed by atoms with Crippen molar-refractivity contribution in [3.05, 3.63) is 86.5 Å². The number of rotatable bonds is 10. The molecule has 0 spiro atoms. The minimum Gasteiger partial charge on any atom is -0.483 e. The van der Waals surface area contributed by atoms with Gasteiger partial charge in [0, 0.05) is 13.2 Å². The third kappa shape index (κ3) is 6.03. The van der Waals surface area contributed by atoms with Gasteiger partial charge in [0.2, 0.25) is 11.5 Å². The van der Waals surface area contributed by atoms with Crippen molar-refractivity contribution < 1.29 is 28.2 Å². The second-order valence-electron chi connectivity index (χ2n) is 9.05. The summed E-state index contributed by atoms with van der Waals surface area (Å²) in [5.74, 6) is -1.81. The number of methoxy groups -OCH3 is 1. The van der Waals surface area contributed by atoms with E-state index in [2.05, 4.69) is 45.0 Å². The minimum atomic E-state index is -2.88. The molecule has 3 rings (SSSR count). The summed E-state index contributed by atoms with van der Waals surface area (Å²) in [4.78, 5) is 23.6. The normalized spacial score (nSPS) is 12.8. The predicted molar refractivity (Wildman–Crippen MR) is 145 cm³/mol. The highest BCUT2D eigenvalue weighted by atomic mass is 127. The molecule has 186 valence electrons. The van der Waals surface area contributed by atoms with Gasteiger partial charge in [-0.05, 0) is 38.0 Å². The predicted octanol–water partition coefficient (Wildman–Crippen LogP) is 3.91. The smallest absolute Gasteiger partial charge is 0.380 e. The van der Waals surface area contributed by atoms with Crippen molar-refractivity contribution in [1.82, 2.24) is 0 Å². The number of hydrogen-bond acceptors (Lipinski definition) is 6. The Bertz CT molecular complexity index is 1150. The average molecular weight is 609 g/mol. The molecule has 0 saturated carbocycles. The summed E-state index contributed by atoms with van der Waals surface area (Å²) in [5.41, 5.74) is -0.851. The zero-order valence-electron chi connectivity index (χ0n) is 20.1. The molecule has 3 aromatic rings. The van der Waals surface area contributed by atoms with Gasteiger partial charge < -0.3 is 23.4 Å². The van der Waals surface area contributed by atoms with Gasteiger partial charge in [-0.3, -0.25) is 0 Å². The van der Waals surface area contributed by atoms with Crippen molar-refractivity contribution in [2.75, 3.05) is 20.3 Å². The van der Waals surface area contributed by atoms with E-state index in [0.717, 1.165) is 10.4 Å². The Morgan fingerprint density at radius 2 is 1.57 bits per heavy atom. The van der Waals surface area contributed by atoms with Gasteiger partial charge in [-0.25, -0.2) is 9.59 Å². The maximum absolute atomic E-state index is 12.4. The Hall–Kier alpha value is -2.47. The van der Waals surface area contributed by atoms with Crippen molar-refractivity contribution in [1.29, 1.82) is 0 Å². The van der Waals surface area contributed by atoms with E-state index >= 15 is 0 Å². The van der Waals surface area contributed by atoms with Gasteiger partial charge in [-0.15, -0.1) is 0 Å². The Kier molecular flexibility index (Phi) is 8.92. The van der Waals surface area contributed by atoms with Crippen LogP contribution in [-0.4, -0.2) is 45.8 Å². The van der Waals surface area contributed by atoms with Crippen molar-refractivity contribution >= 4 is 47.3 Å². The lowest BCUT2D eigenvalue weighted by Gasteiger charge is -2.45. The Morgan fingerprint density at radius 1 is 1.03 bits per heavy atom. The third-order valence-corrected chi connectivity index (χ3v) is 11.5. The molecule has 7 nitrogen and oxygen atoms in total. The highest BCUT2D eigenvalue weighted by molar-refractivity contribution is 14.1. The average Bonchev–Trinajstić information content (AvgIpc) is 2.82. The highest BCUT2D eigenvalue weighted by Gasteiger charge is 2.51. The largest absolute Gasteiger partial charge is 0.483 e. The molecule has 1 unspecified atom stereocenters. The van der Waals surface area contributed by atoms with Crippen molar-refractivity contribution in [2.24, 2.45) is 0 Å². The van der Waals surface area contributed by atoms with E-state index in [1.165, 1.54) is 6.07 Å². The number of benzene rings is 2. The number of aromatic carboxylic acids is 1. The van der Waals surface area contributed by atoms with E-state index in [4.69, 9.17) is 23.4 Å². The highest BCUT2D eigenvalue weighted by Crippen LogP contribution is 2.37. The summed E-state index contributed by atoms with van der Waals surface area (Å²) in [6, 6.07) is 21.6. The fourth-order valence-corrected chi connectivity index (χ4v) is 9.42. The molecule has 1 atom stereocenters. The lowest BCUT2D eigenvalue weighted by Crippen LogP contribution is -2.68. The molecule has 0 aliphatic carbocycles. The molecular formula is C26H29IO7Si. The standard InChI is InChI=1S/C26H29IO7Si/c1-26(2,3)35(19-11-7-5-8-12-19,20-13-9-6-10-14-20)34-18(16-31-4)17-32-23-21(27)15-22(24(28)29)33-25(23)30/h5-15,18H,16-17H2,1-4H3,(H,28,29). The lowest BCUT2D eigenvalue weighted by atomic mass is 10.2. The zero-order chi connectivity index (χ0) is 25.6. The van der Waals surface area contributed by atoms with Crippen molar-refractivity contribution in [2.45, 2.75) is 31.9 Å². The number of carboxylic acid groups (broad SMARTS) is 1. The molecule has 1 aromatic heterocycles. The third-order valence-electron chi connectivity index (χ3n) is 5.60. The van der Waals surface area contributed by atoms with Gasteiger partial charge in [0.1, 0.15) is 12.7 Å². The number of hydrogen-bond donors (Lipinski definition) is 1. The Balaban J connectivity index is 2.02. The number of halogens is 1. The summed E-state index contributed by atoms with van der Waals surface area (Å²) in [6.45, 7) is 6.77. The molecule has 2 aromatic carbocycles. The van der Waals surface area contributed by atoms with Crippen LogP contribution in [0.15, 0.2) is 75.9 Å². The molecule has 35 heavy (non-hydrogen) atoms. The summed E-state index contributed by atoms with van der Waals surface area (Å²) >= 11 is 1.86. The Morgan fingerprint density at radius 3 is 2.00 bits per heavy atom. The fraction of sp³-hybridized carbons (Fsp3) is 0.308.